The molecule has 4 nitrogen and oxygen atoms in total. The summed E-state index contributed by atoms with van der Waals surface area (Å²) in [5.41, 5.74) is 0.883. The van der Waals surface area contributed by atoms with Crippen LogP contribution in [0.1, 0.15) is 15.2 Å². The maximum Gasteiger partial charge on any atom is 0.210 e. The van der Waals surface area contributed by atoms with Gasteiger partial charge in [-0.1, -0.05) is 29.3 Å². The van der Waals surface area contributed by atoms with E-state index in [2.05, 4.69) is 9.97 Å². The molecule has 3 rings (SSSR count). The summed E-state index contributed by atoms with van der Waals surface area (Å²) < 4.78 is 0. The number of aromatic hydroxyl groups is 1. The molecule has 0 fully saturated rings. The number of nitrogens with zero attached hydrogens (tertiary/aromatic N) is 1. The number of aromatic nitrogens is 2. The highest BCUT2D eigenvalue weighted by atomic mass is 35.5. The molecule has 0 atom stereocenters. The van der Waals surface area contributed by atoms with Gasteiger partial charge in [0.15, 0.2) is 0 Å². The van der Waals surface area contributed by atoms with E-state index in [1.165, 1.54) is 17.4 Å². The van der Waals surface area contributed by atoms with E-state index >= 15 is 0 Å². The van der Waals surface area contributed by atoms with Crippen LogP contribution >= 0.6 is 34.5 Å². The fraction of sp³-hybridized carbons (Fsp3) is 0. The van der Waals surface area contributed by atoms with E-state index in [0.717, 1.165) is 0 Å². The Hall–Kier alpha value is -1.56. The zero-order chi connectivity index (χ0) is 13.6. The number of carbonyl (C=O) groups is 1. The van der Waals surface area contributed by atoms with Gasteiger partial charge in [0, 0.05) is 0 Å². The summed E-state index contributed by atoms with van der Waals surface area (Å²) in [6.45, 7) is 0. The van der Waals surface area contributed by atoms with Gasteiger partial charge in [0.1, 0.15) is 16.2 Å². The van der Waals surface area contributed by atoms with Crippen molar-refractivity contribution in [3.8, 4) is 5.88 Å². The highest BCUT2D eigenvalue weighted by molar-refractivity contribution is 7.12. The van der Waals surface area contributed by atoms with Crippen LogP contribution in [0.15, 0.2) is 23.6 Å². The van der Waals surface area contributed by atoms with Crippen molar-refractivity contribution in [1.82, 2.24) is 9.97 Å². The van der Waals surface area contributed by atoms with Gasteiger partial charge in [0.05, 0.1) is 15.4 Å². The Morgan fingerprint density at radius 2 is 2.21 bits per heavy atom. The van der Waals surface area contributed by atoms with Gasteiger partial charge in [-0.2, -0.15) is 0 Å². The number of ketones is 1. The predicted molar refractivity (Wildman–Crippen MR) is 75.5 cm³/mol. The first-order valence-corrected chi connectivity index (χ1v) is 6.86. The van der Waals surface area contributed by atoms with Crippen LogP contribution in [0.25, 0.3) is 11.0 Å². The molecule has 2 N–H and O–H groups in total. The monoisotopic (exact) mass is 312 g/mol. The fourth-order valence-electron chi connectivity index (χ4n) is 1.80. The number of halogens is 2. The number of thiophene rings is 1. The zero-order valence-electron chi connectivity index (χ0n) is 9.28. The van der Waals surface area contributed by atoms with Gasteiger partial charge >= 0.3 is 0 Å². The van der Waals surface area contributed by atoms with E-state index in [4.69, 9.17) is 23.2 Å². The van der Waals surface area contributed by atoms with Crippen molar-refractivity contribution in [2.24, 2.45) is 0 Å². The van der Waals surface area contributed by atoms with E-state index in [0.29, 0.717) is 15.9 Å². The first-order chi connectivity index (χ1) is 9.08. The molecule has 3 aromatic heterocycles. The van der Waals surface area contributed by atoms with Crippen molar-refractivity contribution in [2.75, 3.05) is 0 Å². The third kappa shape index (κ3) is 2.00. The maximum atomic E-state index is 12.3. The number of carbonyl (C=O) groups excluding carboxylic acids is 1. The molecular weight excluding hydrogens is 307 g/mol. The Kier molecular flexibility index (Phi) is 2.97. The minimum Gasteiger partial charge on any atom is -0.494 e. The normalized spacial score (nSPS) is 11.1. The van der Waals surface area contributed by atoms with Gasteiger partial charge in [-0.15, -0.1) is 11.3 Å². The molecule has 19 heavy (non-hydrogen) atoms. The molecule has 3 heterocycles. The van der Waals surface area contributed by atoms with Gasteiger partial charge in [-0.05, 0) is 17.5 Å². The minimum absolute atomic E-state index is 0.0911. The van der Waals surface area contributed by atoms with Crippen molar-refractivity contribution in [3.63, 3.8) is 0 Å². The number of hydrogen-bond donors (Lipinski definition) is 2. The van der Waals surface area contributed by atoms with Crippen molar-refractivity contribution in [1.29, 1.82) is 0 Å². The molecule has 0 spiro atoms. The Bertz CT molecular complexity index is 781. The second-order valence-electron chi connectivity index (χ2n) is 3.81. The molecule has 0 aromatic carbocycles. The van der Waals surface area contributed by atoms with E-state index in [1.807, 2.05) is 0 Å². The SMILES string of the molecule is O=C(c1cccs1)c1c(O)[nH]c2cc(Cl)c(Cl)nc12. The molecule has 96 valence electrons. The average molecular weight is 313 g/mol. The Morgan fingerprint density at radius 1 is 1.42 bits per heavy atom. The smallest absolute Gasteiger partial charge is 0.210 e. The van der Waals surface area contributed by atoms with E-state index in [9.17, 15) is 9.90 Å². The Morgan fingerprint density at radius 3 is 2.89 bits per heavy atom. The largest absolute Gasteiger partial charge is 0.494 e. The van der Waals surface area contributed by atoms with Gasteiger partial charge in [-0.25, -0.2) is 4.98 Å². The molecular formula is C12H6Cl2N2O2S. The summed E-state index contributed by atoms with van der Waals surface area (Å²) in [5, 5.41) is 12.0. The number of H-pyrrole nitrogens is 1. The topological polar surface area (TPSA) is 66.0 Å². The number of pyridine rings is 1. The summed E-state index contributed by atoms with van der Waals surface area (Å²) in [6.07, 6.45) is 0. The van der Waals surface area contributed by atoms with Crippen LogP contribution in [0.5, 0.6) is 5.88 Å². The van der Waals surface area contributed by atoms with Crippen molar-refractivity contribution in [2.45, 2.75) is 0 Å². The van der Waals surface area contributed by atoms with Crippen LogP contribution in [-0.2, 0) is 0 Å². The van der Waals surface area contributed by atoms with E-state index in [-0.39, 0.29) is 27.4 Å². The van der Waals surface area contributed by atoms with E-state index in [1.54, 1.807) is 17.5 Å². The van der Waals surface area contributed by atoms with E-state index < -0.39 is 0 Å². The molecule has 0 amide bonds. The first kappa shape index (κ1) is 12.5. The molecule has 0 unspecified atom stereocenters. The summed E-state index contributed by atoms with van der Waals surface area (Å²) in [4.78, 5) is 19.6. The Balaban J connectivity index is 2.26. The molecule has 0 saturated carbocycles. The molecule has 0 aliphatic heterocycles. The summed E-state index contributed by atoms with van der Waals surface area (Å²) in [5.74, 6) is -0.538. The summed E-state index contributed by atoms with van der Waals surface area (Å²) >= 11 is 13.0. The summed E-state index contributed by atoms with van der Waals surface area (Å²) in [7, 11) is 0. The lowest BCUT2D eigenvalue weighted by atomic mass is 10.1. The number of hydrogen-bond acceptors (Lipinski definition) is 4. The lowest BCUT2D eigenvalue weighted by Crippen LogP contribution is -1.98. The molecule has 0 bridgehead atoms. The van der Waals surface area contributed by atoms with Crippen LogP contribution in [-0.4, -0.2) is 20.9 Å². The van der Waals surface area contributed by atoms with Crippen LogP contribution in [0.3, 0.4) is 0 Å². The third-order valence-electron chi connectivity index (χ3n) is 2.63. The fourth-order valence-corrected chi connectivity index (χ4v) is 2.76. The molecule has 7 heteroatoms. The summed E-state index contributed by atoms with van der Waals surface area (Å²) in [6, 6.07) is 4.97. The lowest BCUT2D eigenvalue weighted by Gasteiger charge is -1.98. The second kappa shape index (κ2) is 4.52. The third-order valence-corrected chi connectivity index (χ3v) is 4.17. The lowest BCUT2D eigenvalue weighted by molar-refractivity contribution is 0.104. The quantitative estimate of drug-likeness (QED) is 0.557. The standard InChI is InChI=1S/C12H6Cl2N2O2S/c13-5-4-6-9(16-11(5)14)8(12(18)15-6)10(17)7-2-1-3-19-7/h1-4,15,18H. The number of aromatic amines is 1. The van der Waals surface area contributed by atoms with Crippen LogP contribution in [0.4, 0.5) is 0 Å². The van der Waals surface area contributed by atoms with Gasteiger partial charge in [0.25, 0.3) is 0 Å². The van der Waals surface area contributed by atoms with Crippen LogP contribution < -0.4 is 0 Å². The molecule has 0 radical (unpaired) electrons. The highest BCUT2D eigenvalue weighted by Crippen LogP contribution is 2.32. The minimum atomic E-state index is -0.301. The second-order valence-corrected chi connectivity index (χ2v) is 5.53. The molecule has 0 aliphatic rings. The molecule has 0 aliphatic carbocycles. The molecule has 3 aromatic rings. The van der Waals surface area contributed by atoms with Gasteiger partial charge in [0.2, 0.25) is 11.7 Å². The van der Waals surface area contributed by atoms with Crippen molar-refractivity contribution in [3.05, 3.63) is 44.2 Å². The van der Waals surface area contributed by atoms with Gasteiger partial charge < -0.3 is 10.1 Å². The number of fused-ring (bicyclic) bond motifs is 1. The number of rotatable bonds is 2. The number of nitrogens with one attached hydrogen (secondary N) is 1. The zero-order valence-corrected chi connectivity index (χ0v) is 11.6. The first-order valence-electron chi connectivity index (χ1n) is 5.23. The maximum absolute atomic E-state index is 12.3. The highest BCUT2D eigenvalue weighted by Gasteiger charge is 2.22. The van der Waals surface area contributed by atoms with Crippen molar-refractivity contribution >= 4 is 51.4 Å². The van der Waals surface area contributed by atoms with Gasteiger partial charge in [-0.3, -0.25) is 4.79 Å². The predicted octanol–water partition coefficient (Wildman–Crippen LogP) is 3.87. The Labute approximate surface area is 121 Å². The molecule has 0 saturated heterocycles. The van der Waals surface area contributed by atoms with Crippen LogP contribution in [0, 0.1) is 0 Å². The van der Waals surface area contributed by atoms with Crippen LogP contribution in [0.2, 0.25) is 10.2 Å². The van der Waals surface area contributed by atoms with Crippen molar-refractivity contribution < 1.29 is 9.90 Å². The average Bonchev–Trinajstić information content (AvgIpc) is 2.97.